The summed E-state index contributed by atoms with van der Waals surface area (Å²) in [6.07, 6.45) is 0. The largest absolute Gasteiger partial charge is 0.478 e. The first-order valence-electron chi connectivity index (χ1n) is 5.67. The van der Waals surface area contributed by atoms with Crippen molar-refractivity contribution >= 4 is 39.2 Å². The molecular formula is C14H11BrN2O3. The van der Waals surface area contributed by atoms with Crippen molar-refractivity contribution in [1.82, 2.24) is 0 Å². The summed E-state index contributed by atoms with van der Waals surface area (Å²) in [4.78, 5) is 22.4. The second-order valence-electron chi connectivity index (χ2n) is 4.03. The average Bonchev–Trinajstić information content (AvgIpc) is 2.41. The lowest BCUT2D eigenvalue weighted by Gasteiger charge is -2.11. The zero-order chi connectivity index (χ0) is 14.7. The number of hydrogen-bond acceptors (Lipinski definition) is 3. The van der Waals surface area contributed by atoms with Crippen LogP contribution in [0.5, 0.6) is 0 Å². The van der Waals surface area contributed by atoms with Gasteiger partial charge < -0.3 is 16.2 Å². The van der Waals surface area contributed by atoms with Crippen molar-refractivity contribution < 1.29 is 14.7 Å². The molecule has 2 aromatic rings. The molecule has 2 aromatic carbocycles. The Bertz CT molecular complexity index is 686. The number of para-hydroxylation sites is 1. The van der Waals surface area contributed by atoms with Gasteiger partial charge in [0, 0.05) is 10.2 Å². The third-order valence-corrected chi connectivity index (χ3v) is 3.36. The van der Waals surface area contributed by atoms with Gasteiger partial charge in [0.25, 0.3) is 5.91 Å². The van der Waals surface area contributed by atoms with Crippen LogP contribution >= 0.6 is 15.9 Å². The van der Waals surface area contributed by atoms with E-state index in [0.717, 1.165) is 0 Å². The molecule has 0 aliphatic heterocycles. The van der Waals surface area contributed by atoms with Crippen molar-refractivity contribution in [2.24, 2.45) is 5.73 Å². The van der Waals surface area contributed by atoms with Gasteiger partial charge in [-0.2, -0.15) is 0 Å². The summed E-state index contributed by atoms with van der Waals surface area (Å²) in [5, 5.41) is 12.1. The number of benzene rings is 2. The van der Waals surface area contributed by atoms with Crippen molar-refractivity contribution in [3.63, 3.8) is 0 Å². The van der Waals surface area contributed by atoms with Crippen LogP contribution in [0, 0.1) is 0 Å². The molecule has 6 heteroatoms. The van der Waals surface area contributed by atoms with E-state index in [1.165, 1.54) is 6.07 Å². The number of hydrogen-bond donors (Lipinski definition) is 3. The first kappa shape index (κ1) is 14.1. The van der Waals surface area contributed by atoms with Gasteiger partial charge in [0.05, 0.1) is 16.8 Å². The second kappa shape index (κ2) is 5.75. The zero-order valence-corrected chi connectivity index (χ0v) is 11.8. The van der Waals surface area contributed by atoms with Crippen LogP contribution < -0.4 is 11.1 Å². The number of carbonyl (C=O) groups excluding carboxylic acids is 1. The third kappa shape index (κ3) is 2.97. The smallest absolute Gasteiger partial charge is 0.336 e. The summed E-state index contributed by atoms with van der Waals surface area (Å²) in [6, 6.07) is 11.6. The molecule has 0 spiro atoms. The lowest BCUT2D eigenvalue weighted by molar-refractivity contribution is 0.0695. The molecule has 102 valence electrons. The fourth-order valence-corrected chi connectivity index (χ4v) is 2.15. The molecule has 2 rings (SSSR count). The first-order chi connectivity index (χ1) is 9.49. The van der Waals surface area contributed by atoms with E-state index >= 15 is 0 Å². The summed E-state index contributed by atoms with van der Waals surface area (Å²) < 4.78 is 0.485. The molecule has 1 amide bonds. The SMILES string of the molecule is NC(=O)c1ccccc1Nc1ccc(Br)c(C(=O)O)c1. The monoisotopic (exact) mass is 334 g/mol. The number of halogens is 1. The molecule has 0 aromatic heterocycles. The number of nitrogens with one attached hydrogen (secondary N) is 1. The van der Waals surface area contributed by atoms with Crippen LogP contribution in [0.4, 0.5) is 11.4 Å². The molecule has 0 fully saturated rings. The van der Waals surface area contributed by atoms with Crippen LogP contribution in [0.25, 0.3) is 0 Å². The molecule has 0 unspecified atom stereocenters. The lowest BCUT2D eigenvalue weighted by Crippen LogP contribution is -2.13. The Morgan fingerprint density at radius 3 is 2.45 bits per heavy atom. The summed E-state index contributed by atoms with van der Waals surface area (Å²) >= 11 is 3.17. The number of amides is 1. The molecule has 20 heavy (non-hydrogen) atoms. The highest BCUT2D eigenvalue weighted by Crippen LogP contribution is 2.25. The van der Waals surface area contributed by atoms with Gasteiger partial charge >= 0.3 is 5.97 Å². The molecule has 0 saturated carbocycles. The number of carboxylic acid groups (broad SMARTS) is 1. The van der Waals surface area contributed by atoms with Crippen LogP contribution in [0.3, 0.4) is 0 Å². The molecule has 0 saturated heterocycles. The standard InChI is InChI=1S/C14H11BrN2O3/c15-11-6-5-8(7-10(11)14(19)20)17-12-4-2-1-3-9(12)13(16)18/h1-7,17H,(H2,16,18)(H,19,20). The molecule has 0 radical (unpaired) electrons. The molecular weight excluding hydrogens is 324 g/mol. The van der Waals surface area contributed by atoms with Crippen LogP contribution in [0.15, 0.2) is 46.9 Å². The quantitative estimate of drug-likeness (QED) is 0.801. The van der Waals surface area contributed by atoms with Crippen LogP contribution in [-0.4, -0.2) is 17.0 Å². The fourth-order valence-electron chi connectivity index (χ4n) is 1.73. The van der Waals surface area contributed by atoms with Crippen molar-refractivity contribution in [2.45, 2.75) is 0 Å². The van der Waals surface area contributed by atoms with E-state index in [1.54, 1.807) is 36.4 Å². The molecule has 4 N–H and O–H groups in total. The van der Waals surface area contributed by atoms with Gasteiger partial charge in [-0.25, -0.2) is 4.79 Å². The van der Waals surface area contributed by atoms with E-state index < -0.39 is 11.9 Å². The molecule has 0 atom stereocenters. The molecule has 0 aliphatic rings. The molecule has 0 aliphatic carbocycles. The van der Waals surface area contributed by atoms with E-state index in [0.29, 0.717) is 21.4 Å². The van der Waals surface area contributed by atoms with Gasteiger partial charge in [0.15, 0.2) is 0 Å². The number of nitrogens with two attached hydrogens (primary N) is 1. The Morgan fingerprint density at radius 2 is 1.80 bits per heavy atom. The van der Waals surface area contributed by atoms with Crippen LogP contribution in [0.2, 0.25) is 0 Å². The number of aromatic carboxylic acids is 1. The van der Waals surface area contributed by atoms with Crippen molar-refractivity contribution in [1.29, 1.82) is 0 Å². The maximum absolute atomic E-state index is 11.3. The Labute approximate surface area is 123 Å². The van der Waals surface area contributed by atoms with Gasteiger partial charge in [-0.1, -0.05) is 12.1 Å². The Hall–Kier alpha value is -2.34. The van der Waals surface area contributed by atoms with Crippen LogP contribution in [-0.2, 0) is 0 Å². The number of rotatable bonds is 4. The number of primary amides is 1. The van der Waals surface area contributed by atoms with E-state index in [4.69, 9.17) is 10.8 Å². The minimum atomic E-state index is -1.04. The predicted octanol–water partition coefficient (Wildman–Crippen LogP) is 2.99. The number of carboxylic acids is 1. The zero-order valence-electron chi connectivity index (χ0n) is 10.3. The van der Waals surface area contributed by atoms with E-state index in [-0.39, 0.29) is 5.56 Å². The Kier molecular flexibility index (Phi) is 4.05. The number of carbonyl (C=O) groups is 2. The van der Waals surface area contributed by atoms with Gasteiger partial charge in [-0.05, 0) is 46.3 Å². The fraction of sp³-hybridized carbons (Fsp3) is 0. The molecule has 0 heterocycles. The normalized spacial score (nSPS) is 10.1. The number of anilines is 2. The van der Waals surface area contributed by atoms with Gasteiger partial charge in [0.1, 0.15) is 0 Å². The highest BCUT2D eigenvalue weighted by atomic mass is 79.9. The summed E-state index contributed by atoms with van der Waals surface area (Å²) in [5.74, 6) is -1.59. The van der Waals surface area contributed by atoms with E-state index in [9.17, 15) is 9.59 Å². The van der Waals surface area contributed by atoms with Gasteiger partial charge in [-0.3, -0.25) is 4.79 Å². The minimum absolute atomic E-state index is 0.131. The van der Waals surface area contributed by atoms with Gasteiger partial charge in [0.2, 0.25) is 0 Å². The topological polar surface area (TPSA) is 92.4 Å². The summed E-state index contributed by atoms with van der Waals surface area (Å²) in [7, 11) is 0. The third-order valence-electron chi connectivity index (χ3n) is 2.67. The first-order valence-corrected chi connectivity index (χ1v) is 6.47. The predicted molar refractivity (Wildman–Crippen MR) is 79.3 cm³/mol. The van der Waals surface area contributed by atoms with Crippen LogP contribution in [0.1, 0.15) is 20.7 Å². The van der Waals surface area contributed by atoms with Crippen molar-refractivity contribution in [3.8, 4) is 0 Å². The van der Waals surface area contributed by atoms with Crippen molar-refractivity contribution in [3.05, 3.63) is 58.1 Å². The maximum Gasteiger partial charge on any atom is 0.336 e. The second-order valence-corrected chi connectivity index (χ2v) is 4.89. The summed E-state index contributed by atoms with van der Waals surface area (Å²) in [6.45, 7) is 0. The molecule has 5 nitrogen and oxygen atoms in total. The Morgan fingerprint density at radius 1 is 1.10 bits per heavy atom. The molecule has 0 bridgehead atoms. The Balaban J connectivity index is 2.38. The highest BCUT2D eigenvalue weighted by Gasteiger charge is 2.11. The lowest BCUT2D eigenvalue weighted by atomic mass is 10.1. The highest BCUT2D eigenvalue weighted by molar-refractivity contribution is 9.10. The maximum atomic E-state index is 11.3. The van der Waals surface area contributed by atoms with E-state index in [2.05, 4.69) is 21.2 Å². The summed E-state index contributed by atoms with van der Waals surface area (Å²) in [5.41, 5.74) is 6.84. The van der Waals surface area contributed by atoms with Gasteiger partial charge in [-0.15, -0.1) is 0 Å². The average molecular weight is 335 g/mol. The minimum Gasteiger partial charge on any atom is -0.478 e. The van der Waals surface area contributed by atoms with E-state index in [1.807, 2.05) is 0 Å². The van der Waals surface area contributed by atoms with Crippen molar-refractivity contribution in [2.75, 3.05) is 5.32 Å².